The van der Waals surface area contributed by atoms with E-state index in [0.29, 0.717) is 22.4 Å². The van der Waals surface area contributed by atoms with Gasteiger partial charge in [-0.1, -0.05) is 24.3 Å². The Morgan fingerprint density at radius 1 is 1.00 bits per heavy atom. The fourth-order valence-corrected chi connectivity index (χ4v) is 2.67. The predicted octanol–water partition coefficient (Wildman–Crippen LogP) is 2.05. The number of hydrogen-bond donors (Lipinski definition) is 1. The van der Waals surface area contributed by atoms with Crippen LogP contribution in [0.2, 0.25) is 0 Å². The lowest BCUT2D eigenvalue weighted by atomic mass is 9.92. The van der Waals surface area contributed by atoms with E-state index < -0.39 is 5.92 Å². The summed E-state index contributed by atoms with van der Waals surface area (Å²) in [6.07, 6.45) is 0. The number of carbonyl (C=O) groups is 2. The summed E-state index contributed by atoms with van der Waals surface area (Å²) in [6.45, 7) is 0. The van der Waals surface area contributed by atoms with Gasteiger partial charge in [0.1, 0.15) is 11.7 Å². The molecule has 0 aliphatic heterocycles. The first-order chi connectivity index (χ1) is 10.7. The van der Waals surface area contributed by atoms with Crippen molar-refractivity contribution in [3.63, 3.8) is 0 Å². The van der Waals surface area contributed by atoms with Crippen molar-refractivity contribution in [1.82, 2.24) is 0 Å². The molecular weight excluding hydrogens is 280 g/mol. The van der Waals surface area contributed by atoms with E-state index in [-0.39, 0.29) is 17.3 Å². The Bertz CT molecular complexity index is 744. The lowest BCUT2D eigenvalue weighted by Crippen LogP contribution is -2.27. The van der Waals surface area contributed by atoms with Gasteiger partial charge in [0.25, 0.3) is 0 Å². The number of ether oxygens (including phenoxy) is 1. The Balaban J connectivity index is 2.02. The van der Waals surface area contributed by atoms with E-state index in [9.17, 15) is 9.59 Å². The zero-order valence-corrected chi connectivity index (χ0v) is 11.9. The SMILES string of the molecule is COc1ccc(C(=NN)C2C(=O)c3ccccc3C2=O)cc1. The summed E-state index contributed by atoms with van der Waals surface area (Å²) >= 11 is 0. The van der Waals surface area contributed by atoms with Gasteiger partial charge in [-0.25, -0.2) is 0 Å². The highest BCUT2D eigenvalue weighted by molar-refractivity contribution is 6.38. The second-order valence-corrected chi connectivity index (χ2v) is 4.95. The molecule has 0 aromatic heterocycles. The van der Waals surface area contributed by atoms with Crippen molar-refractivity contribution in [3.8, 4) is 5.75 Å². The molecule has 1 aliphatic carbocycles. The van der Waals surface area contributed by atoms with Gasteiger partial charge in [-0.05, 0) is 29.8 Å². The number of hydrogen-bond acceptors (Lipinski definition) is 5. The number of Topliss-reactive ketones (excluding diaryl/α,β-unsaturated/α-hetero) is 2. The number of nitrogens with zero attached hydrogens (tertiary/aromatic N) is 1. The number of fused-ring (bicyclic) bond motifs is 1. The van der Waals surface area contributed by atoms with Gasteiger partial charge in [-0.3, -0.25) is 9.59 Å². The predicted molar refractivity (Wildman–Crippen MR) is 82.3 cm³/mol. The molecule has 0 spiro atoms. The van der Waals surface area contributed by atoms with Gasteiger partial charge in [-0.15, -0.1) is 0 Å². The van der Waals surface area contributed by atoms with Crippen molar-refractivity contribution >= 4 is 17.3 Å². The largest absolute Gasteiger partial charge is 0.497 e. The molecule has 0 saturated carbocycles. The van der Waals surface area contributed by atoms with Crippen LogP contribution in [0, 0.1) is 5.92 Å². The summed E-state index contributed by atoms with van der Waals surface area (Å²) in [4.78, 5) is 25.0. The van der Waals surface area contributed by atoms with Crippen LogP contribution in [0.1, 0.15) is 26.3 Å². The van der Waals surface area contributed by atoms with Crippen molar-refractivity contribution in [3.05, 3.63) is 65.2 Å². The molecule has 2 aromatic carbocycles. The molecule has 2 aromatic rings. The minimum Gasteiger partial charge on any atom is -0.497 e. The molecule has 0 fully saturated rings. The van der Waals surface area contributed by atoms with Gasteiger partial charge >= 0.3 is 0 Å². The van der Waals surface area contributed by atoms with Crippen LogP contribution in [-0.2, 0) is 0 Å². The highest BCUT2D eigenvalue weighted by Crippen LogP contribution is 2.29. The lowest BCUT2D eigenvalue weighted by molar-refractivity contribution is 0.0883. The van der Waals surface area contributed by atoms with Crippen LogP contribution in [0.5, 0.6) is 5.75 Å². The molecule has 0 atom stereocenters. The molecule has 5 heteroatoms. The van der Waals surface area contributed by atoms with E-state index in [1.807, 2.05) is 0 Å². The van der Waals surface area contributed by atoms with Gasteiger partial charge in [-0.2, -0.15) is 5.10 Å². The average Bonchev–Trinajstić information content (AvgIpc) is 2.82. The zero-order chi connectivity index (χ0) is 15.7. The van der Waals surface area contributed by atoms with Crippen molar-refractivity contribution in [2.75, 3.05) is 7.11 Å². The monoisotopic (exact) mass is 294 g/mol. The number of benzene rings is 2. The van der Waals surface area contributed by atoms with Crippen molar-refractivity contribution in [1.29, 1.82) is 0 Å². The summed E-state index contributed by atoms with van der Waals surface area (Å²) in [5, 5.41) is 3.71. The third-order valence-electron chi connectivity index (χ3n) is 3.78. The maximum absolute atomic E-state index is 12.5. The molecule has 0 saturated heterocycles. The fraction of sp³-hybridized carbons (Fsp3) is 0.118. The quantitative estimate of drug-likeness (QED) is 0.406. The third-order valence-corrected chi connectivity index (χ3v) is 3.78. The lowest BCUT2D eigenvalue weighted by Gasteiger charge is -2.11. The van der Waals surface area contributed by atoms with E-state index in [0.717, 1.165) is 0 Å². The minimum absolute atomic E-state index is 0.263. The topological polar surface area (TPSA) is 81.8 Å². The molecule has 0 unspecified atom stereocenters. The standard InChI is InChI=1S/C17H14N2O3/c1-22-11-8-6-10(7-9-11)15(19-18)14-16(20)12-4-2-3-5-13(12)17(14)21/h2-9,14H,18H2,1H3. The molecule has 3 rings (SSSR count). The van der Waals surface area contributed by atoms with E-state index in [4.69, 9.17) is 10.6 Å². The Hall–Kier alpha value is -2.95. The van der Waals surface area contributed by atoms with Crippen LogP contribution in [0.25, 0.3) is 0 Å². The van der Waals surface area contributed by atoms with E-state index >= 15 is 0 Å². The van der Waals surface area contributed by atoms with E-state index in [1.54, 1.807) is 55.6 Å². The van der Waals surface area contributed by atoms with Gasteiger partial charge in [0.2, 0.25) is 0 Å². The molecule has 110 valence electrons. The zero-order valence-electron chi connectivity index (χ0n) is 11.9. The molecule has 2 N–H and O–H groups in total. The third kappa shape index (κ3) is 2.07. The van der Waals surface area contributed by atoms with Crippen molar-refractivity contribution in [2.24, 2.45) is 16.9 Å². The molecule has 0 radical (unpaired) electrons. The Morgan fingerprint density at radius 3 is 2.00 bits per heavy atom. The average molecular weight is 294 g/mol. The Kier molecular flexibility index (Phi) is 3.47. The number of ketones is 2. The first kappa shape index (κ1) is 14.0. The van der Waals surface area contributed by atoms with Crippen molar-refractivity contribution in [2.45, 2.75) is 0 Å². The van der Waals surface area contributed by atoms with Crippen LogP contribution in [0.15, 0.2) is 53.6 Å². The van der Waals surface area contributed by atoms with Crippen LogP contribution in [-0.4, -0.2) is 24.4 Å². The molecule has 0 bridgehead atoms. The van der Waals surface area contributed by atoms with Crippen LogP contribution < -0.4 is 10.6 Å². The highest BCUT2D eigenvalue weighted by Gasteiger charge is 2.42. The number of rotatable bonds is 3. The molecule has 1 aliphatic rings. The van der Waals surface area contributed by atoms with Crippen LogP contribution >= 0.6 is 0 Å². The summed E-state index contributed by atoms with van der Waals surface area (Å²) in [6, 6.07) is 13.7. The second kappa shape index (κ2) is 5.44. The van der Waals surface area contributed by atoms with Crippen LogP contribution in [0.4, 0.5) is 0 Å². The molecule has 5 nitrogen and oxygen atoms in total. The van der Waals surface area contributed by atoms with Gasteiger partial charge in [0.15, 0.2) is 11.6 Å². The molecular formula is C17H14N2O3. The Morgan fingerprint density at radius 2 is 1.55 bits per heavy atom. The van der Waals surface area contributed by atoms with E-state index in [2.05, 4.69) is 5.10 Å². The smallest absolute Gasteiger partial charge is 0.180 e. The van der Waals surface area contributed by atoms with Gasteiger partial charge in [0.05, 0.1) is 12.8 Å². The Labute approximate surface area is 127 Å². The highest BCUT2D eigenvalue weighted by atomic mass is 16.5. The molecule has 22 heavy (non-hydrogen) atoms. The summed E-state index contributed by atoms with van der Waals surface area (Å²) in [7, 11) is 1.56. The first-order valence-corrected chi connectivity index (χ1v) is 6.77. The fourth-order valence-electron chi connectivity index (χ4n) is 2.67. The number of nitrogens with two attached hydrogens (primary N) is 1. The second-order valence-electron chi connectivity index (χ2n) is 4.95. The summed E-state index contributed by atoms with van der Waals surface area (Å²) < 4.78 is 5.10. The maximum Gasteiger partial charge on any atom is 0.180 e. The minimum atomic E-state index is -0.976. The summed E-state index contributed by atoms with van der Waals surface area (Å²) in [5.41, 5.74) is 1.75. The normalized spacial score (nSPS) is 15.0. The first-order valence-electron chi connectivity index (χ1n) is 6.77. The number of carbonyl (C=O) groups excluding carboxylic acids is 2. The van der Waals surface area contributed by atoms with Crippen LogP contribution in [0.3, 0.4) is 0 Å². The number of hydrazone groups is 1. The summed E-state index contributed by atoms with van der Waals surface area (Å²) in [5.74, 6) is 4.64. The maximum atomic E-state index is 12.5. The molecule has 0 amide bonds. The van der Waals surface area contributed by atoms with Gasteiger partial charge in [0, 0.05) is 11.1 Å². The van der Waals surface area contributed by atoms with Gasteiger partial charge < -0.3 is 10.6 Å². The molecule has 0 heterocycles. The van der Waals surface area contributed by atoms with Crippen molar-refractivity contribution < 1.29 is 14.3 Å². The van der Waals surface area contributed by atoms with E-state index in [1.165, 1.54) is 0 Å². The number of methoxy groups -OCH3 is 1.